The second-order valence-electron chi connectivity index (χ2n) is 3.79. The monoisotopic (exact) mass is 240 g/mol. The van der Waals surface area contributed by atoms with Gasteiger partial charge in [0.15, 0.2) is 0 Å². The molecule has 0 aromatic heterocycles. The summed E-state index contributed by atoms with van der Waals surface area (Å²) < 4.78 is 23.5. The number of ether oxygens (including phenoxy) is 2. The first-order chi connectivity index (χ1) is 8.04. The number of nitrogens with one attached hydrogen (secondary N) is 1. The normalized spacial score (nSPS) is 12.4. The van der Waals surface area contributed by atoms with Crippen molar-refractivity contribution in [2.45, 2.75) is 19.6 Å². The van der Waals surface area contributed by atoms with E-state index < -0.39 is 5.82 Å². The van der Waals surface area contributed by atoms with Crippen molar-refractivity contribution in [3.8, 4) is 0 Å². The highest BCUT2D eigenvalue weighted by atomic mass is 19.1. The minimum absolute atomic E-state index is 0.0649. The first kappa shape index (κ1) is 13.6. The average Bonchev–Trinajstić information content (AvgIpc) is 2.27. The van der Waals surface area contributed by atoms with Gasteiger partial charge in [-0.15, -0.1) is 0 Å². The van der Waals surface area contributed by atoms with Crippen molar-refractivity contribution in [1.82, 2.24) is 0 Å². The Balaban J connectivity index is 2.73. The molecule has 0 amide bonds. The summed E-state index contributed by atoms with van der Waals surface area (Å²) in [5.74, 6) is -0.577. The van der Waals surface area contributed by atoms with Crippen LogP contribution in [-0.4, -0.2) is 25.7 Å². The summed E-state index contributed by atoms with van der Waals surface area (Å²) in [5, 5.41) is 7.37. The van der Waals surface area contributed by atoms with Gasteiger partial charge in [-0.2, -0.15) is 0 Å². The van der Waals surface area contributed by atoms with E-state index in [-0.39, 0.29) is 18.5 Å². The SMILES string of the molecule is COCC(C)OCc1ccc(F)cc1C(=N)N. The van der Waals surface area contributed by atoms with Crippen LogP contribution in [-0.2, 0) is 16.1 Å². The molecule has 0 bridgehead atoms. The van der Waals surface area contributed by atoms with Gasteiger partial charge in [0, 0.05) is 12.7 Å². The standard InChI is InChI=1S/C12H17FN2O2/c1-8(6-16-2)17-7-9-3-4-10(13)5-11(9)12(14)15/h3-5,8H,6-7H2,1-2H3,(H3,14,15). The van der Waals surface area contributed by atoms with Crippen LogP contribution in [0.15, 0.2) is 18.2 Å². The van der Waals surface area contributed by atoms with E-state index >= 15 is 0 Å². The lowest BCUT2D eigenvalue weighted by Crippen LogP contribution is -2.18. The molecule has 0 fully saturated rings. The van der Waals surface area contributed by atoms with Gasteiger partial charge in [-0.3, -0.25) is 5.41 Å². The lowest BCUT2D eigenvalue weighted by molar-refractivity contribution is -0.000190. The molecule has 0 heterocycles. The second kappa shape index (κ2) is 6.32. The number of nitrogens with two attached hydrogens (primary N) is 1. The first-order valence-corrected chi connectivity index (χ1v) is 5.28. The number of halogens is 1. The van der Waals surface area contributed by atoms with Crippen LogP contribution in [0, 0.1) is 11.2 Å². The molecule has 0 aliphatic rings. The average molecular weight is 240 g/mol. The van der Waals surface area contributed by atoms with Crippen LogP contribution in [0.1, 0.15) is 18.1 Å². The van der Waals surface area contributed by atoms with E-state index in [1.807, 2.05) is 6.92 Å². The van der Waals surface area contributed by atoms with Gasteiger partial charge in [-0.1, -0.05) is 6.07 Å². The van der Waals surface area contributed by atoms with Gasteiger partial charge in [-0.05, 0) is 24.6 Å². The van der Waals surface area contributed by atoms with Gasteiger partial charge in [0.05, 0.1) is 19.3 Å². The van der Waals surface area contributed by atoms with Crippen molar-refractivity contribution >= 4 is 5.84 Å². The summed E-state index contributed by atoms with van der Waals surface area (Å²) in [4.78, 5) is 0. The molecular formula is C12H17FN2O2. The van der Waals surface area contributed by atoms with E-state index in [2.05, 4.69) is 0 Å². The van der Waals surface area contributed by atoms with Crippen molar-refractivity contribution < 1.29 is 13.9 Å². The van der Waals surface area contributed by atoms with Crippen LogP contribution in [0.2, 0.25) is 0 Å². The zero-order valence-corrected chi connectivity index (χ0v) is 10.00. The summed E-state index contributed by atoms with van der Waals surface area (Å²) in [6.45, 7) is 2.64. The maximum Gasteiger partial charge on any atom is 0.123 e. The number of nitrogen functional groups attached to an aromatic ring is 1. The van der Waals surface area contributed by atoms with Crippen molar-refractivity contribution in [3.05, 3.63) is 35.1 Å². The van der Waals surface area contributed by atoms with E-state index in [0.29, 0.717) is 17.7 Å². The molecule has 1 aromatic rings. The van der Waals surface area contributed by atoms with Crippen LogP contribution < -0.4 is 5.73 Å². The molecule has 17 heavy (non-hydrogen) atoms. The van der Waals surface area contributed by atoms with Gasteiger partial charge >= 0.3 is 0 Å². The zero-order valence-electron chi connectivity index (χ0n) is 10.00. The summed E-state index contributed by atoms with van der Waals surface area (Å²) in [6.07, 6.45) is -0.0649. The lowest BCUT2D eigenvalue weighted by atomic mass is 10.1. The highest BCUT2D eigenvalue weighted by Gasteiger charge is 2.09. The molecule has 0 aliphatic heterocycles. The Bertz CT molecular complexity index is 396. The van der Waals surface area contributed by atoms with Gasteiger partial charge in [-0.25, -0.2) is 4.39 Å². The highest BCUT2D eigenvalue weighted by molar-refractivity contribution is 5.96. The van der Waals surface area contributed by atoms with E-state index in [4.69, 9.17) is 20.6 Å². The highest BCUT2D eigenvalue weighted by Crippen LogP contribution is 2.13. The Kier molecular flexibility index (Phi) is 5.06. The lowest BCUT2D eigenvalue weighted by Gasteiger charge is -2.14. The maximum absolute atomic E-state index is 13.0. The van der Waals surface area contributed by atoms with Gasteiger partial charge < -0.3 is 15.2 Å². The van der Waals surface area contributed by atoms with Crippen molar-refractivity contribution in [2.24, 2.45) is 5.73 Å². The maximum atomic E-state index is 13.0. The van der Waals surface area contributed by atoms with E-state index in [1.54, 1.807) is 13.2 Å². The fourth-order valence-corrected chi connectivity index (χ4v) is 1.44. The van der Waals surface area contributed by atoms with Crippen molar-refractivity contribution in [1.29, 1.82) is 5.41 Å². The zero-order chi connectivity index (χ0) is 12.8. The smallest absolute Gasteiger partial charge is 0.123 e. The van der Waals surface area contributed by atoms with E-state index in [1.165, 1.54) is 12.1 Å². The third-order valence-corrected chi connectivity index (χ3v) is 2.29. The molecule has 94 valence electrons. The fourth-order valence-electron chi connectivity index (χ4n) is 1.44. The Morgan fingerprint density at radius 2 is 2.24 bits per heavy atom. The van der Waals surface area contributed by atoms with Crippen LogP contribution in [0.3, 0.4) is 0 Å². The fraction of sp³-hybridized carbons (Fsp3) is 0.417. The summed E-state index contributed by atoms with van der Waals surface area (Å²) >= 11 is 0. The number of methoxy groups -OCH3 is 1. The Morgan fingerprint density at radius 3 is 2.82 bits per heavy atom. The number of amidine groups is 1. The molecule has 1 aromatic carbocycles. The molecule has 5 heteroatoms. The van der Waals surface area contributed by atoms with Gasteiger partial charge in [0.2, 0.25) is 0 Å². The topological polar surface area (TPSA) is 68.3 Å². The molecule has 0 radical (unpaired) electrons. The van der Waals surface area contributed by atoms with Crippen LogP contribution in [0.25, 0.3) is 0 Å². The predicted molar refractivity (Wildman–Crippen MR) is 63.5 cm³/mol. The molecule has 0 saturated heterocycles. The second-order valence-corrected chi connectivity index (χ2v) is 3.79. The molecule has 0 spiro atoms. The number of rotatable bonds is 6. The Labute approximate surface area is 100 Å². The molecule has 3 N–H and O–H groups in total. The number of hydrogen-bond acceptors (Lipinski definition) is 3. The molecule has 1 atom stereocenters. The van der Waals surface area contributed by atoms with Gasteiger partial charge in [0.1, 0.15) is 11.7 Å². The van der Waals surface area contributed by atoms with E-state index in [0.717, 1.165) is 0 Å². The third kappa shape index (κ3) is 4.13. The third-order valence-electron chi connectivity index (χ3n) is 2.29. The first-order valence-electron chi connectivity index (χ1n) is 5.28. The van der Waals surface area contributed by atoms with Gasteiger partial charge in [0.25, 0.3) is 0 Å². The Hall–Kier alpha value is -1.46. The van der Waals surface area contributed by atoms with Crippen LogP contribution in [0.5, 0.6) is 0 Å². The minimum Gasteiger partial charge on any atom is -0.384 e. The molecule has 4 nitrogen and oxygen atoms in total. The minimum atomic E-state index is -0.413. The number of benzene rings is 1. The Morgan fingerprint density at radius 1 is 1.53 bits per heavy atom. The summed E-state index contributed by atoms with van der Waals surface area (Å²) in [6, 6.07) is 4.14. The van der Waals surface area contributed by atoms with Crippen LogP contribution >= 0.6 is 0 Å². The molecule has 1 rings (SSSR count). The summed E-state index contributed by atoms with van der Waals surface area (Å²) in [7, 11) is 1.60. The van der Waals surface area contributed by atoms with Crippen molar-refractivity contribution in [3.63, 3.8) is 0 Å². The molecule has 0 saturated carbocycles. The number of hydrogen-bond donors (Lipinski definition) is 2. The molecule has 1 unspecified atom stereocenters. The largest absolute Gasteiger partial charge is 0.384 e. The predicted octanol–water partition coefficient (Wildman–Crippen LogP) is 1.66. The van der Waals surface area contributed by atoms with E-state index in [9.17, 15) is 4.39 Å². The quantitative estimate of drug-likeness (QED) is 0.587. The van der Waals surface area contributed by atoms with Crippen molar-refractivity contribution in [2.75, 3.05) is 13.7 Å². The summed E-state index contributed by atoms with van der Waals surface area (Å²) in [5.41, 5.74) is 6.45. The molecular weight excluding hydrogens is 223 g/mol. The molecule has 0 aliphatic carbocycles. The van der Waals surface area contributed by atoms with Crippen LogP contribution in [0.4, 0.5) is 4.39 Å².